The number of imidazole rings is 1. The highest BCUT2D eigenvalue weighted by Gasteiger charge is 2.08. The minimum absolute atomic E-state index is 0.0899. The second-order valence-electron chi connectivity index (χ2n) is 3.85. The maximum atomic E-state index is 10.6. The topological polar surface area (TPSA) is 73.0 Å². The highest BCUT2D eigenvalue weighted by Crippen LogP contribution is 2.20. The van der Waals surface area contributed by atoms with E-state index in [-0.39, 0.29) is 5.69 Å². The van der Waals surface area contributed by atoms with Crippen molar-refractivity contribution in [1.82, 2.24) is 14.9 Å². The van der Waals surface area contributed by atoms with Crippen LogP contribution in [-0.2, 0) is 6.54 Å². The van der Waals surface area contributed by atoms with Gasteiger partial charge >= 0.3 is 0 Å². The predicted molar refractivity (Wildman–Crippen MR) is 68.2 cm³/mol. The maximum Gasteiger partial charge on any atom is 0.269 e. The molecule has 0 saturated carbocycles. The molecule has 6 nitrogen and oxygen atoms in total. The van der Waals surface area contributed by atoms with Gasteiger partial charge in [0.1, 0.15) is 5.82 Å². The van der Waals surface area contributed by atoms with E-state index in [1.165, 1.54) is 12.1 Å². The minimum Gasteiger partial charge on any atom is -0.330 e. The number of nitrogens with zero attached hydrogens (tertiary/aromatic N) is 3. The van der Waals surface area contributed by atoms with Crippen LogP contribution in [0.2, 0.25) is 0 Å². The number of aromatic nitrogens is 2. The van der Waals surface area contributed by atoms with E-state index in [1.807, 2.05) is 17.8 Å². The van der Waals surface area contributed by atoms with Crippen LogP contribution in [-0.4, -0.2) is 28.1 Å². The summed E-state index contributed by atoms with van der Waals surface area (Å²) < 4.78 is 2.01. The normalized spacial score (nSPS) is 10.5. The lowest BCUT2D eigenvalue weighted by molar-refractivity contribution is -0.384. The first-order valence-electron chi connectivity index (χ1n) is 5.63. The Morgan fingerprint density at radius 2 is 2.11 bits per heavy atom. The van der Waals surface area contributed by atoms with E-state index in [4.69, 9.17) is 0 Å². The summed E-state index contributed by atoms with van der Waals surface area (Å²) in [5.41, 5.74) is 0.966. The Balaban J connectivity index is 2.25. The lowest BCUT2D eigenvalue weighted by Crippen LogP contribution is -2.15. The Morgan fingerprint density at radius 1 is 1.39 bits per heavy atom. The van der Waals surface area contributed by atoms with E-state index in [1.54, 1.807) is 18.3 Å². The van der Waals surface area contributed by atoms with Crippen LogP contribution in [0.15, 0.2) is 36.7 Å². The number of hydrogen-bond donors (Lipinski definition) is 1. The molecule has 0 radical (unpaired) electrons. The molecule has 2 rings (SSSR count). The first-order chi connectivity index (χ1) is 8.72. The molecule has 0 aliphatic rings. The quantitative estimate of drug-likeness (QED) is 0.643. The van der Waals surface area contributed by atoms with Gasteiger partial charge in [-0.05, 0) is 19.2 Å². The van der Waals surface area contributed by atoms with Gasteiger partial charge in [0.2, 0.25) is 0 Å². The third kappa shape index (κ3) is 2.54. The SMILES string of the molecule is CNCCn1ccnc1-c1ccc([N+](=O)[O-])cc1. The molecule has 0 saturated heterocycles. The van der Waals surface area contributed by atoms with Crippen molar-refractivity contribution in [1.29, 1.82) is 0 Å². The Hall–Kier alpha value is -2.21. The summed E-state index contributed by atoms with van der Waals surface area (Å²) in [6.45, 7) is 1.65. The number of nitro benzene ring substituents is 1. The highest BCUT2D eigenvalue weighted by atomic mass is 16.6. The third-order valence-electron chi connectivity index (χ3n) is 2.65. The predicted octanol–water partition coefficient (Wildman–Crippen LogP) is 1.68. The largest absolute Gasteiger partial charge is 0.330 e. The Kier molecular flexibility index (Phi) is 3.69. The van der Waals surface area contributed by atoms with Crippen molar-refractivity contribution in [3.63, 3.8) is 0 Å². The summed E-state index contributed by atoms with van der Waals surface area (Å²) in [7, 11) is 1.89. The Labute approximate surface area is 104 Å². The molecule has 0 bridgehead atoms. The van der Waals surface area contributed by atoms with Crippen LogP contribution in [0, 0.1) is 10.1 Å². The number of hydrogen-bond acceptors (Lipinski definition) is 4. The molecule has 18 heavy (non-hydrogen) atoms. The molecule has 1 aromatic heterocycles. The second-order valence-corrected chi connectivity index (χ2v) is 3.85. The van der Waals surface area contributed by atoms with Crippen molar-refractivity contribution in [3.8, 4) is 11.4 Å². The second kappa shape index (κ2) is 5.42. The van der Waals surface area contributed by atoms with Gasteiger partial charge in [0.15, 0.2) is 0 Å². The van der Waals surface area contributed by atoms with Gasteiger partial charge in [-0.2, -0.15) is 0 Å². The standard InChI is InChI=1S/C12H14N4O2/c1-13-6-8-15-9-7-14-12(15)10-2-4-11(5-3-10)16(17)18/h2-5,7,9,13H,6,8H2,1H3. The average molecular weight is 246 g/mol. The van der Waals surface area contributed by atoms with E-state index in [2.05, 4.69) is 10.3 Å². The zero-order valence-corrected chi connectivity index (χ0v) is 10.0. The van der Waals surface area contributed by atoms with E-state index in [0.717, 1.165) is 24.5 Å². The Bertz CT molecular complexity index is 533. The van der Waals surface area contributed by atoms with Crippen molar-refractivity contribution < 1.29 is 4.92 Å². The smallest absolute Gasteiger partial charge is 0.269 e. The molecule has 0 fully saturated rings. The molecule has 1 heterocycles. The zero-order chi connectivity index (χ0) is 13.0. The fourth-order valence-electron chi connectivity index (χ4n) is 1.71. The van der Waals surface area contributed by atoms with Gasteiger partial charge in [-0.15, -0.1) is 0 Å². The van der Waals surface area contributed by atoms with Crippen LogP contribution in [0.25, 0.3) is 11.4 Å². The zero-order valence-electron chi connectivity index (χ0n) is 10.0. The fourth-order valence-corrected chi connectivity index (χ4v) is 1.71. The van der Waals surface area contributed by atoms with Crippen molar-refractivity contribution >= 4 is 5.69 Å². The van der Waals surface area contributed by atoms with Gasteiger partial charge in [0.05, 0.1) is 4.92 Å². The highest BCUT2D eigenvalue weighted by molar-refractivity contribution is 5.57. The van der Waals surface area contributed by atoms with Gasteiger partial charge < -0.3 is 9.88 Å². The number of likely N-dealkylation sites (N-methyl/N-ethyl adjacent to an activating group) is 1. The van der Waals surface area contributed by atoms with Gasteiger partial charge in [0.25, 0.3) is 5.69 Å². The fraction of sp³-hybridized carbons (Fsp3) is 0.250. The maximum absolute atomic E-state index is 10.6. The average Bonchev–Trinajstić information content (AvgIpc) is 2.84. The molecule has 6 heteroatoms. The van der Waals surface area contributed by atoms with Gasteiger partial charge in [0, 0.05) is 43.2 Å². The van der Waals surface area contributed by atoms with E-state index < -0.39 is 4.92 Å². The van der Waals surface area contributed by atoms with E-state index in [9.17, 15) is 10.1 Å². The van der Waals surface area contributed by atoms with Crippen LogP contribution in [0.5, 0.6) is 0 Å². The van der Waals surface area contributed by atoms with E-state index in [0.29, 0.717) is 0 Å². The van der Waals surface area contributed by atoms with Crippen LogP contribution in [0.4, 0.5) is 5.69 Å². The van der Waals surface area contributed by atoms with E-state index >= 15 is 0 Å². The number of nitrogens with one attached hydrogen (secondary N) is 1. The molecule has 0 atom stereocenters. The van der Waals surface area contributed by atoms with Crippen LogP contribution in [0.3, 0.4) is 0 Å². The summed E-state index contributed by atoms with van der Waals surface area (Å²) >= 11 is 0. The molecule has 0 aliphatic carbocycles. The van der Waals surface area contributed by atoms with Crippen molar-refractivity contribution in [3.05, 3.63) is 46.8 Å². The molecule has 0 aliphatic heterocycles. The van der Waals surface area contributed by atoms with Crippen LogP contribution in [0.1, 0.15) is 0 Å². The first-order valence-corrected chi connectivity index (χ1v) is 5.63. The van der Waals surface area contributed by atoms with Crippen LogP contribution < -0.4 is 5.32 Å². The molecule has 94 valence electrons. The number of nitro groups is 1. The summed E-state index contributed by atoms with van der Waals surface area (Å²) in [4.78, 5) is 14.5. The number of benzene rings is 1. The summed E-state index contributed by atoms with van der Waals surface area (Å²) in [5, 5.41) is 13.7. The summed E-state index contributed by atoms with van der Waals surface area (Å²) in [5.74, 6) is 0.820. The summed E-state index contributed by atoms with van der Waals surface area (Å²) in [6.07, 6.45) is 3.63. The molecule has 1 aromatic carbocycles. The molecule has 0 amide bonds. The molecule has 0 unspecified atom stereocenters. The summed E-state index contributed by atoms with van der Waals surface area (Å²) in [6, 6.07) is 6.42. The molecule has 0 spiro atoms. The number of non-ortho nitro benzene ring substituents is 1. The molecular formula is C12H14N4O2. The van der Waals surface area contributed by atoms with Crippen molar-refractivity contribution in [2.45, 2.75) is 6.54 Å². The van der Waals surface area contributed by atoms with Gasteiger partial charge in [-0.25, -0.2) is 4.98 Å². The minimum atomic E-state index is -0.405. The monoisotopic (exact) mass is 246 g/mol. The van der Waals surface area contributed by atoms with Crippen molar-refractivity contribution in [2.24, 2.45) is 0 Å². The molecule has 1 N–H and O–H groups in total. The molecular weight excluding hydrogens is 232 g/mol. The lowest BCUT2D eigenvalue weighted by atomic mass is 10.2. The molecule has 2 aromatic rings. The van der Waals surface area contributed by atoms with Crippen molar-refractivity contribution in [2.75, 3.05) is 13.6 Å². The van der Waals surface area contributed by atoms with Gasteiger partial charge in [-0.1, -0.05) is 0 Å². The van der Waals surface area contributed by atoms with Gasteiger partial charge in [-0.3, -0.25) is 10.1 Å². The third-order valence-corrected chi connectivity index (χ3v) is 2.65. The number of rotatable bonds is 5. The lowest BCUT2D eigenvalue weighted by Gasteiger charge is -2.07. The Morgan fingerprint density at radius 3 is 2.72 bits per heavy atom. The van der Waals surface area contributed by atoms with Crippen LogP contribution >= 0.6 is 0 Å². The first kappa shape index (κ1) is 12.3.